The molecule has 0 bridgehead atoms. The molecule has 9 heavy (non-hydrogen) atoms. The van der Waals surface area contributed by atoms with Gasteiger partial charge < -0.3 is 4.74 Å². The summed E-state index contributed by atoms with van der Waals surface area (Å²) in [6, 6.07) is 0. The molecule has 0 radical (unpaired) electrons. The Morgan fingerprint density at radius 1 is 1.56 bits per heavy atom. The molecule has 50 valence electrons. The topological polar surface area (TPSA) is 26.3 Å². The van der Waals surface area contributed by atoms with Gasteiger partial charge in [-0.3, -0.25) is 4.79 Å². The summed E-state index contributed by atoms with van der Waals surface area (Å²) in [5.41, 5.74) is 0. The highest BCUT2D eigenvalue weighted by atomic mass is 19.1. The van der Waals surface area contributed by atoms with Crippen LogP contribution in [0.1, 0.15) is 19.3 Å². The van der Waals surface area contributed by atoms with Gasteiger partial charge in [0.25, 0.3) is 6.47 Å². The van der Waals surface area contributed by atoms with Crippen LogP contribution in [0.4, 0.5) is 4.39 Å². The highest BCUT2D eigenvalue weighted by Gasteiger charge is 2.14. The lowest BCUT2D eigenvalue weighted by molar-refractivity contribution is -0.125. The lowest BCUT2D eigenvalue weighted by Crippen LogP contribution is -1.85. The van der Waals surface area contributed by atoms with Gasteiger partial charge in [0.1, 0.15) is 11.6 Å². The fraction of sp³-hybridized carbons (Fsp3) is 0.500. The molecule has 1 aliphatic carbocycles. The normalized spacial score (nSPS) is 18.3. The van der Waals surface area contributed by atoms with Crippen molar-refractivity contribution in [2.75, 3.05) is 0 Å². The number of hydrogen-bond acceptors (Lipinski definition) is 2. The van der Waals surface area contributed by atoms with E-state index in [1.54, 1.807) is 0 Å². The Bertz CT molecular complexity index is 151. The van der Waals surface area contributed by atoms with E-state index in [-0.39, 0.29) is 18.1 Å². The molecule has 0 unspecified atom stereocenters. The summed E-state index contributed by atoms with van der Waals surface area (Å²) in [4.78, 5) is 9.68. The Hall–Kier alpha value is -0.860. The van der Waals surface area contributed by atoms with Crippen LogP contribution in [0.5, 0.6) is 0 Å². The van der Waals surface area contributed by atoms with Crippen LogP contribution in [-0.2, 0) is 9.53 Å². The molecule has 0 saturated heterocycles. The third kappa shape index (κ3) is 1.28. The first kappa shape index (κ1) is 6.26. The maximum Gasteiger partial charge on any atom is 0.298 e. The van der Waals surface area contributed by atoms with Crippen LogP contribution in [0.3, 0.4) is 0 Å². The van der Waals surface area contributed by atoms with Crippen LogP contribution < -0.4 is 0 Å². The first-order valence-electron chi connectivity index (χ1n) is 2.82. The Labute approximate surface area is 52.3 Å². The maximum atomic E-state index is 12.4. The summed E-state index contributed by atoms with van der Waals surface area (Å²) in [5, 5.41) is 0. The van der Waals surface area contributed by atoms with Crippen LogP contribution in [-0.4, -0.2) is 6.47 Å². The molecule has 0 atom stereocenters. The number of halogens is 1. The fourth-order valence-electron chi connectivity index (χ4n) is 0.860. The number of rotatable bonds is 2. The van der Waals surface area contributed by atoms with Crippen LogP contribution in [0.25, 0.3) is 0 Å². The predicted octanol–water partition coefficient (Wildman–Crippen LogP) is 1.52. The van der Waals surface area contributed by atoms with E-state index in [4.69, 9.17) is 0 Å². The van der Waals surface area contributed by atoms with Gasteiger partial charge in [-0.2, -0.15) is 0 Å². The van der Waals surface area contributed by atoms with E-state index in [0.717, 1.165) is 6.42 Å². The number of ether oxygens (including phenoxy) is 1. The number of carbonyl (C=O) groups excluding carboxylic acids is 1. The molecule has 0 aromatic carbocycles. The van der Waals surface area contributed by atoms with E-state index in [1.165, 1.54) is 0 Å². The van der Waals surface area contributed by atoms with E-state index in [1.807, 2.05) is 0 Å². The van der Waals surface area contributed by atoms with E-state index >= 15 is 0 Å². The van der Waals surface area contributed by atoms with Crippen molar-refractivity contribution in [1.29, 1.82) is 0 Å². The van der Waals surface area contributed by atoms with Gasteiger partial charge in [0.15, 0.2) is 0 Å². The van der Waals surface area contributed by atoms with Crippen molar-refractivity contribution in [2.24, 2.45) is 0 Å². The maximum absolute atomic E-state index is 12.4. The van der Waals surface area contributed by atoms with Gasteiger partial charge in [-0.25, -0.2) is 4.39 Å². The molecule has 0 heterocycles. The zero-order valence-corrected chi connectivity index (χ0v) is 4.89. The quantitative estimate of drug-likeness (QED) is 0.530. The molecule has 1 rings (SSSR count). The molecule has 0 amide bonds. The van der Waals surface area contributed by atoms with Gasteiger partial charge in [-0.1, -0.05) is 0 Å². The Morgan fingerprint density at radius 2 is 2.33 bits per heavy atom. The molecule has 0 saturated carbocycles. The minimum absolute atomic E-state index is 0.213. The smallest absolute Gasteiger partial charge is 0.298 e. The molecule has 0 fully saturated rings. The average Bonchev–Trinajstić information content (AvgIpc) is 2.18. The highest BCUT2D eigenvalue weighted by Crippen LogP contribution is 2.26. The average molecular weight is 130 g/mol. The molecular weight excluding hydrogens is 123 g/mol. The molecule has 2 nitrogen and oxygen atoms in total. The van der Waals surface area contributed by atoms with Crippen molar-refractivity contribution in [3.05, 3.63) is 11.6 Å². The molecular formula is C6H7FO2. The van der Waals surface area contributed by atoms with Crippen molar-refractivity contribution in [1.82, 2.24) is 0 Å². The van der Waals surface area contributed by atoms with Crippen LogP contribution >= 0.6 is 0 Å². The van der Waals surface area contributed by atoms with E-state index in [2.05, 4.69) is 4.74 Å². The zero-order valence-electron chi connectivity index (χ0n) is 4.89. The van der Waals surface area contributed by atoms with Crippen LogP contribution in [0.15, 0.2) is 11.6 Å². The molecule has 3 heteroatoms. The monoisotopic (exact) mass is 130 g/mol. The lowest BCUT2D eigenvalue weighted by atomic mass is 10.4. The van der Waals surface area contributed by atoms with Crippen molar-refractivity contribution in [2.45, 2.75) is 19.3 Å². The van der Waals surface area contributed by atoms with Crippen molar-refractivity contribution in [3.63, 3.8) is 0 Å². The zero-order chi connectivity index (χ0) is 6.69. The van der Waals surface area contributed by atoms with Gasteiger partial charge in [0, 0.05) is 12.8 Å². The van der Waals surface area contributed by atoms with Gasteiger partial charge in [0.05, 0.1) is 0 Å². The standard InChI is InChI=1S/C6H7FO2/c7-5-2-1-3-6(5)9-4-8/h4H,1-3H2. The molecule has 0 aromatic rings. The molecule has 0 spiro atoms. The van der Waals surface area contributed by atoms with Crippen LogP contribution in [0, 0.1) is 0 Å². The Balaban J connectivity index is 2.54. The predicted molar refractivity (Wildman–Crippen MR) is 29.1 cm³/mol. The summed E-state index contributed by atoms with van der Waals surface area (Å²) in [5.74, 6) is -0.0629. The van der Waals surface area contributed by atoms with Gasteiger partial charge in [-0.15, -0.1) is 0 Å². The number of allylic oxidation sites excluding steroid dienone is 2. The van der Waals surface area contributed by atoms with Crippen molar-refractivity contribution in [3.8, 4) is 0 Å². The van der Waals surface area contributed by atoms with Gasteiger partial charge in [0.2, 0.25) is 0 Å². The second-order valence-corrected chi connectivity index (χ2v) is 1.90. The summed E-state index contributed by atoms with van der Waals surface area (Å²) >= 11 is 0. The molecule has 1 aliphatic rings. The third-order valence-corrected chi connectivity index (χ3v) is 1.29. The Kier molecular flexibility index (Phi) is 1.82. The Morgan fingerprint density at radius 3 is 2.78 bits per heavy atom. The molecule has 0 aliphatic heterocycles. The summed E-state index contributed by atoms with van der Waals surface area (Å²) < 4.78 is 16.7. The number of hydrogen-bond donors (Lipinski definition) is 0. The van der Waals surface area contributed by atoms with Crippen LogP contribution in [0.2, 0.25) is 0 Å². The molecule has 0 aromatic heterocycles. The second-order valence-electron chi connectivity index (χ2n) is 1.90. The lowest BCUT2D eigenvalue weighted by Gasteiger charge is -1.93. The first-order valence-corrected chi connectivity index (χ1v) is 2.82. The van der Waals surface area contributed by atoms with Gasteiger partial charge in [-0.05, 0) is 6.42 Å². The second kappa shape index (κ2) is 2.62. The molecule has 0 N–H and O–H groups in total. The summed E-state index contributed by atoms with van der Waals surface area (Å²) in [7, 11) is 0. The van der Waals surface area contributed by atoms with Crippen molar-refractivity contribution >= 4 is 6.47 Å². The van der Waals surface area contributed by atoms with Gasteiger partial charge >= 0.3 is 0 Å². The number of carbonyl (C=O) groups is 1. The van der Waals surface area contributed by atoms with E-state index in [0.29, 0.717) is 12.8 Å². The highest BCUT2D eigenvalue weighted by molar-refractivity contribution is 5.40. The SMILES string of the molecule is O=COC1=C(F)CCC1. The van der Waals surface area contributed by atoms with E-state index < -0.39 is 0 Å². The minimum Gasteiger partial charge on any atom is -0.431 e. The van der Waals surface area contributed by atoms with E-state index in [9.17, 15) is 9.18 Å². The largest absolute Gasteiger partial charge is 0.431 e. The third-order valence-electron chi connectivity index (χ3n) is 1.29. The van der Waals surface area contributed by atoms with Crippen molar-refractivity contribution < 1.29 is 13.9 Å². The minimum atomic E-state index is -0.276. The summed E-state index contributed by atoms with van der Waals surface area (Å²) in [6.07, 6.45) is 1.74. The first-order chi connectivity index (χ1) is 4.34. The fourth-order valence-corrected chi connectivity index (χ4v) is 0.860. The summed E-state index contributed by atoms with van der Waals surface area (Å²) in [6.45, 7) is 0.264.